The maximum atomic E-state index is 9.45. The highest BCUT2D eigenvalue weighted by Crippen LogP contribution is 1.74. The zero-order chi connectivity index (χ0) is 15.5. The average molecular weight is 304 g/mol. The molecule has 19 heavy (non-hydrogen) atoms. The van der Waals surface area contributed by atoms with Gasteiger partial charge < -0.3 is 30.6 Å². The van der Waals surface area contributed by atoms with Crippen LogP contribution in [0.4, 0.5) is 0 Å². The van der Waals surface area contributed by atoms with E-state index in [-0.39, 0.29) is 9.90 Å². The number of carboxylic acids is 3. The zero-order valence-electron chi connectivity index (χ0n) is 10.8. The molecule has 4 unspecified atom stereocenters. The summed E-state index contributed by atoms with van der Waals surface area (Å²) in [7, 11) is 0. The van der Waals surface area contributed by atoms with Crippen molar-refractivity contribution >= 4 is 27.8 Å². The van der Waals surface area contributed by atoms with Crippen molar-refractivity contribution in [2.24, 2.45) is 0 Å². The number of rotatable bonds is 3. The largest absolute Gasteiger partial charge is 0.479 e. The molecule has 0 radical (unpaired) electrons. The van der Waals surface area contributed by atoms with Gasteiger partial charge in [0.2, 0.25) is 0 Å². The summed E-state index contributed by atoms with van der Waals surface area (Å²) in [6.07, 6.45) is -3.69. The lowest BCUT2D eigenvalue weighted by Gasteiger charge is -1.89. The van der Waals surface area contributed by atoms with Crippen LogP contribution in [-0.4, -0.2) is 66.9 Å². The Bertz CT molecular complexity index is 220. The van der Waals surface area contributed by atoms with Gasteiger partial charge in [-0.15, -0.1) is 0 Å². The number of carboxylic acid groups (broad SMARTS) is 3. The third-order valence-corrected chi connectivity index (χ3v) is 1.07. The molecule has 0 saturated carbocycles. The summed E-state index contributed by atoms with van der Waals surface area (Å²) in [5, 5.41) is 47.3. The number of aliphatic hydroxyl groups is 3. The molecule has 0 saturated heterocycles. The van der Waals surface area contributed by atoms with E-state index in [1.54, 1.807) is 0 Å². The molecule has 0 bridgehead atoms. The Morgan fingerprint density at radius 2 is 0.684 bits per heavy atom. The Balaban J connectivity index is -0.0000000865. The molecule has 10 heteroatoms. The smallest absolute Gasteiger partial charge is 0.332 e. The predicted octanol–water partition coefficient (Wildman–Crippen LogP) is -1.59. The van der Waals surface area contributed by atoms with Crippen molar-refractivity contribution in [2.45, 2.75) is 39.1 Å². The summed E-state index contributed by atoms with van der Waals surface area (Å²) in [4.78, 5) is 28.3. The molecular weight excluding hydrogens is 283 g/mol. The number of carbonyl (C=O) groups is 3. The number of hydrogen-bond acceptors (Lipinski definition) is 6. The van der Waals surface area contributed by atoms with E-state index in [1.807, 2.05) is 0 Å². The topological polar surface area (TPSA) is 173 Å². The van der Waals surface area contributed by atoms with Crippen molar-refractivity contribution in [1.29, 1.82) is 0 Å². The van der Waals surface area contributed by atoms with E-state index < -0.39 is 36.2 Å². The zero-order valence-corrected chi connectivity index (χ0v) is 12.3. The normalized spacial score (nSPS) is 12.9. The molecule has 0 aromatic carbocycles. The molecule has 4 atom stereocenters. The molecule has 0 aliphatic heterocycles. The fraction of sp³-hybridized carbons (Fsp3) is 0.667. The van der Waals surface area contributed by atoms with Crippen molar-refractivity contribution < 1.29 is 45.0 Å². The molecule has 0 fully saturated rings. The second-order valence-corrected chi connectivity index (χ2v) is 3.04. The first-order valence-corrected chi connectivity index (χ1v) is 4.66. The number of hydrogen-bond donors (Lipinski definition) is 6. The van der Waals surface area contributed by atoms with E-state index in [4.69, 9.17) is 30.6 Å². The third kappa shape index (κ3) is 31.5. The molecule has 6 N–H and O–H groups in total. The van der Waals surface area contributed by atoms with Gasteiger partial charge >= 0.3 is 17.9 Å². The molecule has 0 spiro atoms. The van der Waals surface area contributed by atoms with Crippen LogP contribution in [-0.2, 0) is 14.4 Å². The van der Waals surface area contributed by atoms with Crippen molar-refractivity contribution in [2.75, 3.05) is 0 Å². The molecule has 0 amide bonds. The van der Waals surface area contributed by atoms with E-state index in [0.29, 0.717) is 0 Å². The highest BCUT2D eigenvalue weighted by Gasteiger charge is 2.02. The lowest BCUT2D eigenvalue weighted by molar-refractivity contribution is -0.146. The summed E-state index contributed by atoms with van der Waals surface area (Å²) in [5.41, 5.74) is 0. The van der Waals surface area contributed by atoms with Gasteiger partial charge in [-0.05, 0) is 20.8 Å². The summed E-state index contributed by atoms with van der Waals surface area (Å²) in [5.74, 6) is -3.56. The van der Waals surface area contributed by atoms with E-state index >= 15 is 0 Å². The minimum absolute atomic E-state index is 0. The molecule has 0 aliphatic rings. The van der Waals surface area contributed by atoms with Gasteiger partial charge in [-0.3, -0.25) is 0 Å². The monoisotopic (exact) mass is 304 g/mol. The quantitative estimate of drug-likeness (QED) is 0.336. The fourth-order valence-electron chi connectivity index (χ4n) is 0. The van der Waals surface area contributed by atoms with Crippen LogP contribution >= 0.6 is 9.90 Å². The van der Waals surface area contributed by atoms with Crippen molar-refractivity contribution in [3.05, 3.63) is 0 Å². The lowest BCUT2D eigenvalue weighted by Crippen LogP contribution is -2.13. The summed E-state index contributed by atoms with van der Waals surface area (Å²) in [6.45, 7) is 3.59. The van der Waals surface area contributed by atoms with Gasteiger partial charge in [0.1, 0.15) is 18.3 Å². The van der Waals surface area contributed by atoms with Crippen LogP contribution in [0, 0.1) is 0 Å². The Labute approximate surface area is 113 Å². The SMILES string of the molecule is CC(O)C(=O)O.CC(O)C(=O)O.CC(O)C(=O)O.P. The minimum atomic E-state index is -1.23. The van der Waals surface area contributed by atoms with Crippen LogP contribution in [0.15, 0.2) is 0 Å². The van der Waals surface area contributed by atoms with Crippen molar-refractivity contribution in [3.8, 4) is 0 Å². The van der Waals surface area contributed by atoms with Crippen LogP contribution in [0.25, 0.3) is 0 Å². The van der Waals surface area contributed by atoms with E-state index in [1.165, 1.54) is 20.8 Å². The molecule has 9 nitrogen and oxygen atoms in total. The highest BCUT2D eigenvalue weighted by molar-refractivity contribution is 6.92. The van der Waals surface area contributed by atoms with Gasteiger partial charge in [-0.25, -0.2) is 14.4 Å². The van der Waals surface area contributed by atoms with Gasteiger partial charge in [0.05, 0.1) is 0 Å². The molecular formula is C9H21O9P. The van der Waals surface area contributed by atoms with Gasteiger partial charge in [-0.1, -0.05) is 0 Å². The first-order chi connectivity index (χ1) is 7.93. The molecule has 0 aromatic heterocycles. The van der Waals surface area contributed by atoms with Crippen LogP contribution in [0.5, 0.6) is 0 Å². The Hall–Kier alpha value is -1.28. The second-order valence-electron chi connectivity index (χ2n) is 3.04. The predicted molar refractivity (Wildman–Crippen MR) is 69.1 cm³/mol. The molecule has 116 valence electrons. The molecule has 0 aliphatic carbocycles. The Kier molecular flexibility index (Phi) is 20.5. The van der Waals surface area contributed by atoms with Gasteiger partial charge in [-0.2, -0.15) is 9.90 Å². The summed E-state index contributed by atoms with van der Waals surface area (Å²) >= 11 is 0. The summed E-state index contributed by atoms with van der Waals surface area (Å²) < 4.78 is 0. The molecule has 0 aromatic rings. The van der Waals surface area contributed by atoms with Crippen LogP contribution in [0.3, 0.4) is 0 Å². The van der Waals surface area contributed by atoms with E-state index in [0.717, 1.165) is 0 Å². The van der Waals surface area contributed by atoms with Crippen LogP contribution < -0.4 is 0 Å². The van der Waals surface area contributed by atoms with E-state index in [9.17, 15) is 14.4 Å². The maximum Gasteiger partial charge on any atom is 0.332 e. The molecule has 0 heterocycles. The lowest BCUT2D eigenvalue weighted by atomic mass is 10.4. The molecule has 0 rings (SSSR count). The Morgan fingerprint density at radius 3 is 0.684 bits per heavy atom. The minimum Gasteiger partial charge on any atom is -0.479 e. The standard InChI is InChI=1S/3C3H6O3.H3P/c3*1-2(4)3(5)6;/h3*2,4H,1H3,(H,5,6);1H3. The average Bonchev–Trinajstić information content (AvgIpc) is 2.18. The highest BCUT2D eigenvalue weighted by atomic mass is 31.0. The fourth-order valence-corrected chi connectivity index (χ4v) is 0. The maximum absolute atomic E-state index is 9.45. The van der Waals surface area contributed by atoms with Crippen molar-refractivity contribution in [3.63, 3.8) is 0 Å². The van der Waals surface area contributed by atoms with Crippen molar-refractivity contribution in [1.82, 2.24) is 0 Å². The Morgan fingerprint density at radius 1 is 0.632 bits per heavy atom. The summed E-state index contributed by atoms with van der Waals surface area (Å²) in [6, 6.07) is 0. The first-order valence-electron chi connectivity index (χ1n) is 4.66. The van der Waals surface area contributed by atoms with Gasteiger partial charge in [0.25, 0.3) is 0 Å². The van der Waals surface area contributed by atoms with Crippen LogP contribution in [0.2, 0.25) is 0 Å². The van der Waals surface area contributed by atoms with Gasteiger partial charge in [0.15, 0.2) is 0 Å². The second kappa shape index (κ2) is 14.8. The third-order valence-electron chi connectivity index (χ3n) is 1.07. The number of aliphatic hydroxyl groups excluding tert-OH is 3. The first kappa shape index (κ1) is 26.3. The van der Waals surface area contributed by atoms with E-state index in [2.05, 4.69) is 0 Å². The van der Waals surface area contributed by atoms with Crippen LogP contribution in [0.1, 0.15) is 20.8 Å². The number of aliphatic carboxylic acids is 3. The van der Waals surface area contributed by atoms with Gasteiger partial charge in [0, 0.05) is 0 Å².